The third kappa shape index (κ3) is 3.40. The van der Waals surface area contributed by atoms with E-state index in [-0.39, 0.29) is 11.9 Å². The highest BCUT2D eigenvalue weighted by Gasteiger charge is 2.19. The minimum Gasteiger partial charge on any atom is -0.466 e. The van der Waals surface area contributed by atoms with Gasteiger partial charge in [-0.25, -0.2) is 0 Å². The van der Waals surface area contributed by atoms with Gasteiger partial charge in [0.2, 0.25) is 0 Å². The van der Waals surface area contributed by atoms with Crippen LogP contribution < -0.4 is 0 Å². The Bertz CT molecular complexity index is 121. The van der Waals surface area contributed by atoms with E-state index in [2.05, 4.69) is 6.92 Å². The molecule has 65 valence electrons. The Labute approximate surface area is 68.9 Å². The minimum atomic E-state index is -0.108. The fraction of sp³-hybridized carbons (Fsp3) is 0.778. The summed E-state index contributed by atoms with van der Waals surface area (Å²) < 4.78 is 4.86. The molecule has 0 spiro atoms. The maximum atomic E-state index is 11.1. The van der Waals surface area contributed by atoms with Gasteiger partial charge in [0.25, 0.3) is 0 Å². The van der Waals surface area contributed by atoms with Gasteiger partial charge in [-0.1, -0.05) is 20.8 Å². The Morgan fingerprint density at radius 1 is 1.55 bits per heavy atom. The largest absolute Gasteiger partial charge is 0.466 e. The zero-order valence-corrected chi connectivity index (χ0v) is 7.59. The van der Waals surface area contributed by atoms with E-state index in [4.69, 9.17) is 4.74 Å². The van der Waals surface area contributed by atoms with Crippen LogP contribution in [0.25, 0.3) is 0 Å². The summed E-state index contributed by atoms with van der Waals surface area (Å²) in [6, 6.07) is 0. The van der Waals surface area contributed by atoms with Gasteiger partial charge >= 0.3 is 5.97 Å². The number of hydrogen-bond acceptors (Lipinski definition) is 2. The number of ether oxygens (including phenoxy) is 1. The average molecular weight is 157 g/mol. The van der Waals surface area contributed by atoms with Gasteiger partial charge in [0.15, 0.2) is 0 Å². The van der Waals surface area contributed by atoms with Crippen molar-refractivity contribution in [1.29, 1.82) is 0 Å². The molecule has 0 bridgehead atoms. The Morgan fingerprint density at radius 3 is 2.45 bits per heavy atom. The van der Waals surface area contributed by atoms with Crippen LogP contribution in [0.15, 0.2) is 0 Å². The van der Waals surface area contributed by atoms with Crippen molar-refractivity contribution in [3.63, 3.8) is 0 Å². The molecule has 1 radical (unpaired) electrons. The van der Waals surface area contributed by atoms with Crippen LogP contribution >= 0.6 is 0 Å². The molecule has 2 nitrogen and oxygen atoms in total. The summed E-state index contributed by atoms with van der Waals surface area (Å²) in [5.74, 6) is 0.185. The van der Waals surface area contributed by atoms with Crippen molar-refractivity contribution in [3.8, 4) is 0 Å². The summed E-state index contributed by atoms with van der Waals surface area (Å²) >= 11 is 0. The van der Waals surface area contributed by atoms with Gasteiger partial charge in [-0.05, 0) is 19.3 Å². The Hall–Kier alpha value is -0.530. The summed E-state index contributed by atoms with van der Waals surface area (Å²) in [5, 5.41) is 0. The van der Waals surface area contributed by atoms with Crippen LogP contribution in [-0.2, 0) is 9.53 Å². The van der Waals surface area contributed by atoms with Crippen LogP contribution in [0.1, 0.15) is 27.2 Å². The Morgan fingerprint density at radius 2 is 2.09 bits per heavy atom. The van der Waals surface area contributed by atoms with Gasteiger partial charge in [-0.15, -0.1) is 0 Å². The van der Waals surface area contributed by atoms with Gasteiger partial charge in [-0.2, -0.15) is 0 Å². The Balaban J connectivity index is 3.80. The first kappa shape index (κ1) is 10.5. The molecule has 0 saturated carbocycles. The predicted molar refractivity (Wildman–Crippen MR) is 44.9 cm³/mol. The highest BCUT2D eigenvalue weighted by atomic mass is 16.5. The van der Waals surface area contributed by atoms with E-state index >= 15 is 0 Å². The highest BCUT2D eigenvalue weighted by molar-refractivity contribution is 5.72. The summed E-state index contributed by atoms with van der Waals surface area (Å²) in [4.78, 5) is 11.1. The number of hydrogen-bond donors (Lipinski definition) is 0. The van der Waals surface area contributed by atoms with Crippen molar-refractivity contribution in [2.45, 2.75) is 27.2 Å². The van der Waals surface area contributed by atoms with Crippen molar-refractivity contribution in [2.75, 3.05) is 6.61 Å². The topological polar surface area (TPSA) is 26.3 Å². The van der Waals surface area contributed by atoms with Crippen LogP contribution in [-0.4, -0.2) is 12.6 Å². The van der Waals surface area contributed by atoms with E-state index in [0.29, 0.717) is 12.5 Å². The van der Waals surface area contributed by atoms with E-state index in [9.17, 15) is 4.79 Å². The quantitative estimate of drug-likeness (QED) is 0.584. The van der Waals surface area contributed by atoms with Crippen molar-refractivity contribution < 1.29 is 9.53 Å². The molecule has 0 aromatic carbocycles. The maximum Gasteiger partial charge on any atom is 0.308 e. The number of esters is 1. The lowest BCUT2D eigenvalue weighted by Crippen LogP contribution is -2.20. The molecular formula is C9H17O2. The smallest absolute Gasteiger partial charge is 0.308 e. The maximum absolute atomic E-state index is 11.1. The van der Waals surface area contributed by atoms with Crippen molar-refractivity contribution >= 4 is 5.97 Å². The molecule has 0 aromatic heterocycles. The zero-order valence-electron chi connectivity index (χ0n) is 7.59. The van der Waals surface area contributed by atoms with Crippen LogP contribution in [0.5, 0.6) is 0 Å². The lowest BCUT2D eigenvalue weighted by Gasteiger charge is -2.15. The summed E-state index contributed by atoms with van der Waals surface area (Å²) in [5.41, 5.74) is 0. The average Bonchev–Trinajstić information content (AvgIpc) is 2.02. The fourth-order valence-corrected chi connectivity index (χ4v) is 0.756. The third-order valence-corrected chi connectivity index (χ3v) is 1.97. The van der Waals surface area contributed by atoms with Crippen LogP contribution in [0.2, 0.25) is 0 Å². The molecule has 0 aliphatic heterocycles. The lowest BCUT2D eigenvalue weighted by atomic mass is 9.94. The van der Waals surface area contributed by atoms with Gasteiger partial charge in [0.05, 0.1) is 12.5 Å². The molecule has 0 aromatic rings. The first-order valence-corrected chi connectivity index (χ1v) is 4.09. The SMILES string of the molecule is [CH2]CC(C)C(C)C(=O)OCC. The standard InChI is InChI=1S/C9H17O2/c1-5-7(3)8(4)9(10)11-6-2/h7-8H,1,5-6H2,2-4H3. The molecule has 0 amide bonds. The van der Waals surface area contributed by atoms with Gasteiger partial charge in [0.1, 0.15) is 0 Å². The molecule has 0 N–H and O–H groups in total. The second kappa shape index (κ2) is 5.16. The fourth-order valence-electron chi connectivity index (χ4n) is 0.756. The second-order valence-electron chi connectivity index (χ2n) is 2.81. The number of carbonyl (C=O) groups is 1. The molecule has 0 rings (SSSR count). The summed E-state index contributed by atoms with van der Waals surface area (Å²) in [6.07, 6.45) is 0.778. The van der Waals surface area contributed by atoms with E-state index in [1.807, 2.05) is 20.8 Å². The molecule has 11 heavy (non-hydrogen) atoms. The Kier molecular flexibility index (Phi) is 4.92. The molecular weight excluding hydrogens is 140 g/mol. The van der Waals surface area contributed by atoms with Gasteiger partial charge in [0, 0.05) is 0 Å². The van der Waals surface area contributed by atoms with Crippen molar-refractivity contribution in [2.24, 2.45) is 11.8 Å². The normalized spacial score (nSPS) is 15.6. The molecule has 2 unspecified atom stereocenters. The van der Waals surface area contributed by atoms with Crippen LogP contribution in [0, 0.1) is 18.8 Å². The first-order valence-electron chi connectivity index (χ1n) is 4.09. The molecule has 0 heterocycles. The first-order chi connectivity index (χ1) is 5.13. The second-order valence-corrected chi connectivity index (χ2v) is 2.81. The molecule has 2 atom stereocenters. The van der Waals surface area contributed by atoms with Gasteiger partial charge in [-0.3, -0.25) is 4.79 Å². The van der Waals surface area contributed by atoms with Crippen LogP contribution in [0.4, 0.5) is 0 Å². The van der Waals surface area contributed by atoms with Crippen molar-refractivity contribution in [3.05, 3.63) is 6.92 Å². The summed E-state index contributed by atoms with van der Waals surface area (Å²) in [7, 11) is 0. The molecule has 0 aliphatic rings. The minimum absolute atomic E-state index is 0.0209. The van der Waals surface area contributed by atoms with Gasteiger partial charge < -0.3 is 4.74 Å². The monoisotopic (exact) mass is 157 g/mol. The van der Waals surface area contributed by atoms with E-state index in [0.717, 1.165) is 6.42 Å². The highest BCUT2D eigenvalue weighted by Crippen LogP contribution is 2.15. The van der Waals surface area contributed by atoms with E-state index in [1.54, 1.807) is 0 Å². The van der Waals surface area contributed by atoms with E-state index < -0.39 is 0 Å². The molecule has 0 aliphatic carbocycles. The number of carbonyl (C=O) groups excluding carboxylic acids is 1. The van der Waals surface area contributed by atoms with Crippen LogP contribution in [0.3, 0.4) is 0 Å². The molecule has 0 saturated heterocycles. The van der Waals surface area contributed by atoms with E-state index in [1.165, 1.54) is 0 Å². The number of rotatable bonds is 4. The molecule has 2 heteroatoms. The lowest BCUT2D eigenvalue weighted by molar-refractivity contribution is -0.149. The predicted octanol–water partition coefficient (Wildman–Crippen LogP) is 2.05. The summed E-state index contributed by atoms with van der Waals surface area (Å²) in [6.45, 7) is 9.92. The molecule has 0 fully saturated rings. The zero-order chi connectivity index (χ0) is 8.85. The van der Waals surface area contributed by atoms with Crippen molar-refractivity contribution in [1.82, 2.24) is 0 Å². The third-order valence-electron chi connectivity index (χ3n) is 1.97.